The van der Waals surface area contributed by atoms with Gasteiger partial charge in [-0.2, -0.15) is 0 Å². The van der Waals surface area contributed by atoms with Gasteiger partial charge in [-0.15, -0.1) is 0 Å². The fraction of sp³-hybridized carbons (Fsp3) is 0.364. The Labute approximate surface area is 101 Å². The molecule has 3 N–H and O–H groups in total. The van der Waals surface area contributed by atoms with Crippen molar-refractivity contribution < 1.29 is 13.2 Å². The lowest BCUT2D eigenvalue weighted by atomic mass is 10.2. The highest BCUT2D eigenvalue weighted by molar-refractivity contribution is 7.90. The molecular weight excluding hydrogens is 240 g/mol. The lowest BCUT2D eigenvalue weighted by molar-refractivity contribution is -0.116. The van der Waals surface area contributed by atoms with Crippen molar-refractivity contribution in [2.45, 2.75) is 17.7 Å². The van der Waals surface area contributed by atoms with Gasteiger partial charge in [0.25, 0.3) is 0 Å². The number of nitrogens with one attached hydrogen (secondary N) is 1. The largest absolute Gasteiger partial charge is 0.330 e. The average Bonchev–Trinajstić information content (AvgIpc) is 2.25. The van der Waals surface area contributed by atoms with Crippen molar-refractivity contribution in [3.63, 3.8) is 0 Å². The van der Waals surface area contributed by atoms with Gasteiger partial charge < -0.3 is 11.1 Å². The molecule has 0 saturated carbocycles. The summed E-state index contributed by atoms with van der Waals surface area (Å²) in [5.74, 6) is -0.166. The molecule has 0 heterocycles. The second-order valence-electron chi connectivity index (χ2n) is 3.74. The quantitative estimate of drug-likeness (QED) is 0.814. The minimum absolute atomic E-state index is 0.166. The summed E-state index contributed by atoms with van der Waals surface area (Å²) in [6, 6.07) is 6.17. The highest BCUT2D eigenvalue weighted by Crippen LogP contribution is 2.15. The first kappa shape index (κ1) is 13.7. The van der Waals surface area contributed by atoms with E-state index in [1.807, 2.05) is 0 Å². The summed E-state index contributed by atoms with van der Waals surface area (Å²) >= 11 is 0. The van der Waals surface area contributed by atoms with Crippen molar-refractivity contribution in [2.24, 2.45) is 5.73 Å². The number of hydrogen-bond acceptors (Lipinski definition) is 4. The van der Waals surface area contributed by atoms with Crippen molar-refractivity contribution in [1.82, 2.24) is 0 Å². The minimum atomic E-state index is -3.25. The molecule has 0 aromatic heterocycles. The monoisotopic (exact) mass is 256 g/mol. The molecule has 1 rings (SSSR count). The molecule has 0 atom stereocenters. The molecule has 17 heavy (non-hydrogen) atoms. The molecule has 1 aromatic rings. The molecule has 0 aliphatic carbocycles. The number of benzene rings is 1. The summed E-state index contributed by atoms with van der Waals surface area (Å²) in [5.41, 5.74) is 5.77. The Balaban J connectivity index is 2.76. The Morgan fingerprint density at radius 1 is 1.41 bits per heavy atom. The Kier molecular flexibility index (Phi) is 4.65. The van der Waals surface area contributed by atoms with Crippen LogP contribution in [0, 0.1) is 0 Å². The first-order chi connectivity index (χ1) is 7.93. The maximum atomic E-state index is 11.4. The van der Waals surface area contributed by atoms with Gasteiger partial charge in [-0.1, -0.05) is 6.07 Å². The number of hydrogen-bond donors (Lipinski definition) is 2. The summed E-state index contributed by atoms with van der Waals surface area (Å²) in [6.07, 6.45) is 2.07. The summed E-state index contributed by atoms with van der Waals surface area (Å²) in [4.78, 5) is 11.6. The number of nitrogens with two attached hydrogens (primary N) is 1. The Morgan fingerprint density at radius 3 is 2.71 bits per heavy atom. The number of amides is 1. The number of anilines is 1. The van der Waals surface area contributed by atoms with Crippen molar-refractivity contribution in [3.05, 3.63) is 24.3 Å². The molecule has 1 amide bonds. The van der Waals surface area contributed by atoms with Crippen LogP contribution in [0.15, 0.2) is 29.2 Å². The van der Waals surface area contributed by atoms with Crippen LogP contribution in [0.2, 0.25) is 0 Å². The Hall–Kier alpha value is -1.40. The van der Waals surface area contributed by atoms with Crippen LogP contribution < -0.4 is 11.1 Å². The minimum Gasteiger partial charge on any atom is -0.330 e. The third-order valence-electron chi connectivity index (χ3n) is 2.15. The Bertz CT molecular complexity index is 497. The molecular formula is C11H16N2O3S. The summed E-state index contributed by atoms with van der Waals surface area (Å²) in [5, 5.41) is 2.63. The smallest absolute Gasteiger partial charge is 0.224 e. The van der Waals surface area contributed by atoms with Crippen LogP contribution in [0.25, 0.3) is 0 Å². The summed E-state index contributed by atoms with van der Waals surface area (Å²) < 4.78 is 22.6. The molecule has 94 valence electrons. The molecule has 0 bridgehead atoms. The van der Waals surface area contributed by atoms with E-state index in [0.717, 1.165) is 6.26 Å². The molecule has 6 heteroatoms. The van der Waals surface area contributed by atoms with Gasteiger partial charge in [0.15, 0.2) is 9.84 Å². The summed E-state index contributed by atoms with van der Waals surface area (Å²) in [7, 11) is -3.25. The SMILES string of the molecule is CS(=O)(=O)c1cccc(NC(=O)CCCN)c1. The standard InChI is InChI=1S/C11H16N2O3S/c1-17(15,16)10-5-2-4-9(8-10)13-11(14)6-3-7-12/h2,4-5,8H,3,6-7,12H2,1H3,(H,13,14). The molecule has 0 spiro atoms. The fourth-order valence-electron chi connectivity index (χ4n) is 1.29. The van der Waals surface area contributed by atoms with Gasteiger partial charge >= 0.3 is 0 Å². The van der Waals surface area contributed by atoms with Crippen LogP contribution in [-0.4, -0.2) is 27.1 Å². The van der Waals surface area contributed by atoms with Crippen LogP contribution in [0.5, 0.6) is 0 Å². The van der Waals surface area contributed by atoms with Gasteiger partial charge in [-0.3, -0.25) is 4.79 Å². The van der Waals surface area contributed by atoms with Gasteiger partial charge in [0.2, 0.25) is 5.91 Å². The second-order valence-corrected chi connectivity index (χ2v) is 5.76. The highest BCUT2D eigenvalue weighted by Gasteiger charge is 2.08. The number of rotatable bonds is 5. The van der Waals surface area contributed by atoms with E-state index in [1.54, 1.807) is 12.1 Å². The number of carbonyl (C=O) groups is 1. The number of carbonyl (C=O) groups excluding carboxylic acids is 1. The molecule has 1 aromatic carbocycles. The topological polar surface area (TPSA) is 89.3 Å². The maximum Gasteiger partial charge on any atom is 0.224 e. The van der Waals surface area contributed by atoms with Gasteiger partial charge in [0, 0.05) is 18.4 Å². The van der Waals surface area contributed by atoms with Crippen LogP contribution >= 0.6 is 0 Å². The zero-order valence-corrected chi connectivity index (χ0v) is 10.5. The third kappa shape index (κ3) is 4.54. The first-order valence-electron chi connectivity index (χ1n) is 5.23. The molecule has 0 radical (unpaired) electrons. The fourth-order valence-corrected chi connectivity index (χ4v) is 1.96. The molecule has 0 aliphatic rings. The van der Waals surface area contributed by atoms with E-state index in [1.165, 1.54) is 12.1 Å². The van der Waals surface area contributed by atoms with Gasteiger partial charge in [-0.25, -0.2) is 8.42 Å². The predicted molar refractivity (Wildman–Crippen MR) is 66.5 cm³/mol. The first-order valence-corrected chi connectivity index (χ1v) is 7.12. The average molecular weight is 256 g/mol. The van der Waals surface area contributed by atoms with E-state index in [-0.39, 0.29) is 10.8 Å². The van der Waals surface area contributed by atoms with Crippen molar-refractivity contribution in [2.75, 3.05) is 18.1 Å². The third-order valence-corrected chi connectivity index (χ3v) is 3.26. The van der Waals surface area contributed by atoms with Gasteiger partial charge in [-0.05, 0) is 31.2 Å². The van der Waals surface area contributed by atoms with E-state index >= 15 is 0 Å². The van der Waals surface area contributed by atoms with E-state index in [0.29, 0.717) is 25.1 Å². The molecule has 0 aliphatic heterocycles. The molecule has 5 nitrogen and oxygen atoms in total. The van der Waals surface area contributed by atoms with E-state index in [9.17, 15) is 13.2 Å². The van der Waals surface area contributed by atoms with Crippen molar-refractivity contribution in [1.29, 1.82) is 0 Å². The predicted octanol–water partition coefficient (Wildman–Crippen LogP) is 0.767. The van der Waals surface area contributed by atoms with Crippen LogP contribution in [0.4, 0.5) is 5.69 Å². The van der Waals surface area contributed by atoms with E-state index in [4.69, 9.17) is 5.73 Å². The zero-order valence-electron chi connectivity index (χ0n) is 9.64. The van der Waals surface area contributed by atoms with Crippen molar-refractivity contribution >= 4 is 21.4 Å². The Morgan fingerprint density at radius 2 is 2.12 bits per heavy atom. The highest BCUT2D eigenvalue weighted by atomic mass is 32.2. The normalized spacial score (nSPS) is 11.2. The zero-order chi connectivity index (χ0) is 12.9. The second kappa shape index (κ2) is 5.79. The molecule has 0 saturated heterocycles. The van der Waals surface area contributed by atoms with Crippen molar-refractivity contribution in [3.8, 4) is 0 Å². The van der Waals surface area contributed by atoms with E-state index < -0.39 is 9.84 Å². The van der Waals surface area contributed by atoms with Crippen LogP contribution in [0.1, 0.15) is 12.8 Å². The summed E-state index contributed by atoms with van der Waals surface area (Å²) in [6.45, 7) is 0.455. The van der Waals surface area contributed by atoms with Crippen LogP contribution in [-0.2, 0) is 14.6 Å². The van der Waals surface area contributed by atoms with E-state index in [2.05, 4.69) is 5.32 Å². The van der Waals surface area contributed by atoms with Crippen LogP contribution in [0.3, 0.4) is 0 Å². The van der Waals surface area contributed by atoms with Gasteiger partial charge in [0.1, 0.15) is 0 Å². The lowest BCUT2D eigenvalue weighted by Gasteiger charge is -2.06. The number of sulfone groups is 1. The molecule has 0 fully saturated rings. The molecule has 0 unspecified atom stereocenters. The lowest BCUT2D eigenvalue weighted by Crippen LogP contribution is -2.13. The maximum absolute atomic E-state index is 11.4. The van der Waals surface area contributed by atoms with Gasteiger partial charge in [0.05, 0.1) is 4.90 Å².